The molecule has 7 heavy (non-hydrogen) atoms. The molecule has 0 atom stereocenters. The van der Waals surface area contributed by atoms with Crippen molar-refractivity contribution in [3.8, 4) is 0 Å². The molecule has 38 valence electrons. The summed E-state index contributed by atoms with van der Waals surface area (Å²) in [7, 11) is 2.90. The van der Waals surface area contributed by atoms with Crippen LogP contribution in [0.25, 0.3) is 0 Å². The zero-order valence-electron chi connectivity index (χ0n) is 3.93. The molecule has 0 heterocycles. The minimum Gasteiger partial charge on any atom is -0.578 e. The van der Waals surface area contributed by atoms with E-state index < -0.39 is 0 Å². The Bertz CT molecular complexity index is 20.4. The molecule has 0 saturated carbocycles. The average molecular weight is 254 g/mol. The van der Waals surface area contributed by atoms with Crippen molar-refractivity contribution in [1.82, 2.24) is 0 Å². The molecular weight excluding hydrogens is 249 g/mol. The van der Waals surface area contributed by atoms with Crippen LogP contribution in [0.4, 0.5) is 4.39 Å². The van der Waals surface area contributed by atoms with Crippen LogP contribution in [0.1, 0.15) is 0 Å². The van der Waals surface area contributed by atoms with Crippen molar-refractivity contribution in [2.75, 3.05) is 6.61 Å². The van der Waals surface area contributed by atoms with Crippen LogP contribution in [-0.2, 0) is 70.2 Å². The molecule has 1 nitrogen and oxygen atoms in total. The first kappa shape index (κ1) is 16.0. The molecule has 0 spiro atoms. The second-order valence-corrected chi connectivity index (χ2v) is 0.525. The molecule has 4 heteroatoms. The quantitative estimate of drug-likeness (QED) is 0.666. The normalized spacial score (nSPS) is 6.00. The van der Waals surface area contributed by atoms with Gasteiger partial charge in [0.15, 0.2) is 0 Å². The SMILES string of the molecule is [CH2-]OC[CH-]F.[Y].[Y]. The Balaban J connectivity index is -0.0000000800. The summed E-state index contributed by atoms with van der Waals surface area (Å²) in [5.74, 6) is 0. The van der Waals surface area contributed by atoms with Crippen LogP contribution in [-0.4, -0.2) is 6.61 Å². The van der Waals surface area contributed by atoms with Gasteiger partial charge in [-0.1, -0.05) is 6.61 Å². The van der Waals surface area contributed by atoms with E-state index in [9.17, 15) is 4.39 Å². The molecule has 0 aromatic carbocycles. The Hall–Kier alpha value is 2.10. The third-order valence-electron chi connectivity index (χ3n) is 0.181. The largest absolute Gasteiger partial charge is 0.578 e. The third kappa shape index (κ3) is 17.9. The Morgan fingerprint density at radius 3 is 2.00 bits per heavy atom. The Morgan fingerprint density at radius 1 is 1.57 bits per heavy atom. The maximum atomic E-state index is 10.7. The van der Waals surface area contributed by atoms with Crippen LogP contribution in [0, 0.1) is 13.8 Å². The number of rotatable bonds is 2. The molecule has 0 bridgehead atoms. The predicted octanol–water partition coefficient (Wildman–Crippen LogP) is 0.921. The Labute approximate surface area is 93.5 Å². The molecule has 0 saturated heterocycles. The zero-order valence-corrected chi connectivity index (χ0v) is 9.61. The number of hydrogen-bond donors (Lipinski definition) is 0. The van der Waals surface area contributed by atoms with Gasteiger partial charge in [0.25, 0.3) is 0 Å². The first-order valence-electron chi connectivity index (χ1n) is 1.20. The Morgan fingerprint density at radius 2 is 2.00 bits per heavy atom. The zero-order chi connectivity index (χ0) is 4.12. The summed E-state index contributed by atoms with van der Waals surface area (Å²) >= 11 is 0. The van der Waals surface area contributed by atoms with Gasteiger partial charge in [-0.3, -0.25) is 0 Å². The number of ether oxygens (including phenoxy) is 1. The minimum atomic E-state index is -0.0139. The molecular formula is C3H5FOY2-2. The fourth-order valence-corrected chi connectivity index (χ4v) is 0.0445. The van der Waals surface area contributed by atoms with Gasteiger partial charge in [-0.2, -0.15) is 0 Å². The molecule has 0 N–H and O–H groups in total. The molecule has 0 aliphatic heterocycles. The third-order valence-corrected chi connectivity index (χ3v) is 0.181. The summed E-state index contributed by atoms with van der Waals surface area (Å²) in [6, 6.07) is 0. The molecule has 0 aliphatic carbocycles. The molecule has 0 unspecified atom stereocenters. The molecule has 0 fully saturated rings. The van der Waals surface area contributed by atoms with E-state index in [0.29, 0.717) is 6.67 Å². The van der Waals surface area contributed by atoms with Crippen molar-refractivity contribution in [2.45, 2.75) is 0 Å². The van der Waals surface area contributed by atoms with Gasteiger partial charge in [-0.25, -0.2) is 7.11 Å². The number of hydrogen-bond acceptors (Lipinski definition) is 1. The second-order valence-electron chi connectivity index (χ2n) is 0.525. The van der Waals surface area contributed by atoms with E-state index in [4.69, 9.17) is 0 Å². The molecule has 0 aromatic heterocycles. The van der Waals surface area contributed by atoms with Gasteiger partial charge in [0.05, 0.1) is 0 Å². The smallest absolute Gasteiger partial charge is 0 e. The molecule has 0 amide bonds. The van der Waals surface area contributed by atoms with E-state index in [2.05, 4.69) is 11.8 Å². The van der Waals surface area contributed by atoms with E-state index in [1.165, 1.54) is 0 Å². The van der Waals surface area contributed by atoms with Crippen molar-refractivity contribution in [2.24, 2.45) is 0 Å². The van der Waals surface area contributed by atoms with E-state index in [1.54, 1.807) is 0 Å². The topological polar surface area (TPSA) is 9.23 Å². The average Bonchev–Trinajstić information content (AvgIpc) is 1.41. The first-order chi connectivity index (χ1) is 2.41. The van der Waals surface area contributed by atoms with Crippen LogP contribution in [0.15, 0.2) is 0 Å². The number of halogens is 1. The van der Waals surface area contributed by atoms with Crippen LogP contribution in [0.2, 0.25) is 0 Å². The van der Waals surface area contributed by atoms with Crippen LogP contribution < -0.4 is 0 Å². The maximum absolute atomic E-state index is 10.7. The summed E-state index contributed by atoms with van der Waals surface area (Å²) in [6.07, 6.45) is 0. The van der Waals surface area contributed by atoms with E-state index in [0.717, 1.165) is 0 Å². The van der Waals surface area contributed by atoms with Crippen LogP contribution >= 0.6 is 0 Å². The van der Waals surface area contributed by atoms with E-state index >= 15 is 0 Å². The standard InChI is InChI=1S/C3H5FO.2Y/c1-5-3-2-4;;/h2H,1,3H2;;/q-2;;. The van der Waals surface area contributed by atoms with Gasteiger partial charge < -0.3 is 9.13 Å². The van der Waals surface area contributed by atoms with Gasteiger partial charge in [-0.05, 0) is 0 Å². The van der Waals surface area contributed by atoms with E-state index in [1.807, 2.05) is 0 Å². The summed E-state index contributed by atoms with van der Waals surface area (Å²) in [5, 5.41) is 0. The summed E-state index contributed by atoms with van der Waals surface area (Å²) < 4.78 is 14.7. The van der Waals surface area contributed by atoms with Crippen molar-refractivity contribution >= 4 is 0 Å². The van der Waals surface area contributed by atoms with Gasteiger partial charge in [0, 0.05) is 65.4 Å². The van der Waals surface area contributed by atoms with Crippen molar-refractivity contribution < 1.29 is 74.5 Å². The van der Waals surface area contributed by atoms with Gasteiger partial charge in [0.1, 0.15) is 0 Å². The van der Waals surface area contributed by atoms with Crippen molar-refractivity contribution in [3.05, 3.63) is 13.8 Å². The summed E-state index contributed by atoms with van der Waals surface area (Å²) in [4.78, 5) is 0. The van der Waals surface area contributed by atoms with Crippen molar-refractivity contribution in [3.63, 3.8) is 0 Å². The van der Waals surface area contributed by atoms with Crippen LogP contribution in [0.5, 0.6) is 0 Å². The molecule has 0 aromatic rings. The second kappa shape index (κ2) is 15.7. The minimum absolute atomic E-state index is 0. The van der Waals surface area contributed by atoms with Crippen LogP contribution in [0.3, 0.4) is 0 Å². The summed E-state index contributed by atoms with van der Waals surface area (Å²) in [5.41, 5.74) is 0. The summed E-state index contributed by atoms with van der Waals surface area (Å²) in [6.45, 7) is 0.382. The fraction of sp³-hybridized carbons (Fsp3) is 0.333. The van der Waals surface area contributed by atoms with Gasteiger partial charge >= 0.3 is 0 Å². The molecule has 0 rings (SSSR count). The maximum Gasteiger partial charge on any atom is 0 e. The fourth-order valence-electron chi connectivity index (χ4n) is 0.0445. The van der Waals surface area contributed by atoms with E-state index in [-0.39, 0.29) is 72.0 Å². The predicted molar refractivity (Wildman–Crippen MR) is 16.7 cm³/mol. The molecule has 2 radical (unpaired) electrons. The molecule has 0 aliphatic rings. The van der Waals surface area contributed by atoms with Gasteiger partial charge in [-0.15, -0.1) is 6.67 Å². The van der Waals surface area contributed by atoms with Gasteiger partial charge in [0.2, 0.25) is 0 Å². The van der Waals surface area contributed by atoms with Crippen molar-refractivity contribution in [1.29, 1.82) is 0 Å². The Kier molecular flexibility index (Phi) is 36.0. The monoisotopic (exact) mass is 254 g/mol. The first-order valence-corrected chi connectivity index (χ1v) is 1.20.